The Kier molecular flexibility index (Phi) is 6.67. The SMILES string of the molecule is COc1ccc(CN2CCN(C(c3ccccc3)c3ccccc3)CC2)c(OC)c1. The number of hydrogen-bond acceptors (Lipinski definition) is 4. The molecule has 3 aromatic rings. The van der Waals surface area contributed by atoms with Crippen molar-refractivity contribution in [1.82, 2.24) is 9.80 Å². The zero-order chi connectivity index (χ0) is 20.8. The molecule has 1 aliphatic rings. The van der Waals surface area contributed by atoms with Crippen molar-refractivity contribution in [3.8, 4) is 11.5 Å². The van der Waals surface area contributed by atoms with Gasteiger partial charge >= 0.3 is 0 Å². The zero-order valence-electron chi connectivity index (χ0n) is 17.8. The Bertz CT molecular complexity index is 883. The molecule has 4 rings (SSSR count). The number of methoxy groups -OCH3 is 2. The average Bonchev–Trinajstić information content (AvgIpc) is 2.82. The second-order valence-electron chi connectivity index (χ2n) is 7.71. The average molecular weight is 403 g/mol. The summed E-state index contributed by atoms with van der Waals surface area (Å²) >= 11 is 0. The van der Waals surface area contributed by atoms with Crippen LogP contribution < -0.4 is 9.47 Å². The maximum atomic E-state index is 5.59. The molecule has 0 radical (unpaired) electrons. The molecule has 1 aliphatic heterocycles. The van der Waals surface area contributed by atoms with Gasteiger partial charge in [0.25, 0.3) is 0 Å². The van der Waals surface area contributed by atoms with E-state index in [0.29, 0.717) is 6.04 Å². The second kappa shape index (κ2) is 9.79. The fourth-order valence-corrected chi connectivity index (χ4v) is 4.29. The Morgan fingerprint density at radius 3 is 1.87 bits per heavy atom. The molecule has 0 saturated carbocycles. The van der Waals surface area contributed by atoms with Crippen LogP contribution in [0.5, 0.6) is 11.5 Å². The van der Waals surface area contributed by atoms with Gasteiger partial charge in [-0.2, -0.15) is 0 Å². The lowest BCUT2D eigenvalue weighted by Gasteiger charge is -2.40. The molecule has 30 heavy (non-hydrogen) atoms. The Hall–Kier alpha value is -2.82. The molecule has 0 atom stereocenters. The van der Waals surface area contributed by atoms with Gasteiger partial charge in [-0.25, -0.2) is 0 Å². The van der Waals surface area contributed by atoms with Crippen LogP contribution in [-0.4, -0.2) is 50.2 Å². The van der Waals surface area contributed by atoms with Crippen LogP contribution in [0.1, 0.15) is 22.7 Å². The van der Waals surface area contributed by atoms with Crippen LogP contribution in [0.25, 0.3) is 0 Å². The van der Waals surface area contributed by atoms with Crippen LogP contribution in [0.2, 0.25) is 0 Å². The van der Waals surface area contributed by atoms with E-state index >= 15 is 0 Å². The standard InChI is InChI=1S/C26H30N2O2/c1-29-24-14-13-23(25(19-24)30-2)20-27-15-17-28(18-16-27)26(21-9-5-3-6-10-21)22-11-7-4-8-12-22/h3-14,19,26H,15-18,20H2,1-2H3. The first-order chi connectivity index (χ1) is 14.8. The van der Waals surface area contributed by atoms with Crippen molar-refractivity contribution < 1.29 is 9.47 Å². The third-order valence-corrected chi connectivity index (χ3v) is 5.89. The minimum atomic E-state index is 0.296. The van der Waals surface area contributed by atoms with Gasteiger partial charge in [-0.3, -0.25) is 9.80 Å². The van der Waals surface area contributed by atoms with Gasteiger partial charge in [0.15, 0.2) is 0 Å². The smallest absolute Gasteiger partial charge is 0.127 e. The van der Waals surface area contributed by atoms with Crippen LogP contribution in [0, 0.1) is 0 Å². The molecular weight excluding hydrogens is 372 g/mol. The molecule has 0 aliphatic carbocycles. The summed E-state index contributed by atoms with van der Waals surface area (Å²) < 4.78 is 10.9. The lowest BCUT2D eigenvalue weighted by atomic mass is 9.96. The zero-order valence-corrected chi connectivity index (χ0v) is 17.8. The summed E-state index contributed by atoms with van der Waals surface area (Å²) in [6.45, 7) is 5.03. The molecule has 4 heteroatoms. The van der Waals surface area contributed by atoms with Gasteiger partial charge in [-0.05, 0) is 17.2 Å². The van der Waals surface area contributed by atoms with E-state index in [1.165, 1.54) is 16.7 Å². The number of rotatable bonds is 7. The molecule has 4 nitrogen and oxygen atoms in total. The Morgan fingerprint density at radius 1 is 0.733 bits per heavy atom. The van der Waals surface area contributed by atoms with Gasteiger partial charge in [-0.15, -0.1) is 0 Å². The summed E-state index contributed by atoms with van der Waals surface area (Å²) in [5, 5.41) is 0. The highest BCUT2D eigenvalue weighted by atomic mass is 16.5. The summed E-state index contributed by atoms with van der Waals surface area (Å²) in [5.74, 6) is 1.72. The van der Waals surface area contributed by atoms with Crippen molar-refractivity contribution in [2.45, 2.75) is 12.6 Å². The fraction of sp³-hybridized carbons (Fsp3) is 0.308. The van der Waals surface area contributed by atoms with Crippen LogP contribution in [-0.2, 0) is 6.54 Å². The van der Waals surface area contributed by atoms with Crippen LogP contribution >= 0.6 is 0 Å². The highest BCUT2D eigenvalue weighted by Crippen LogP contribution is 2.30. The minimum Gasteiger partial charge on any atom is -0.497 e. The molecule has 0 aromatic heterocycles. The predicted octanol–water partition coefficient (Wildman–Crippen LogP) is 4.61. The highest BCUT2D eigenvalue weighted by molar-refractivity contribution is 5.40. The van der Waals surface area contributed by atoms with E-state index in [1.807, 2.05) is 12.1 Å². The van der Waals surface area contributed by atoms with Gasteiger partial charge in [-0.1, -0.05) is 66.7 Å². The van der Waals surface area contributed by atoms with E-state index in [2.05, 4.69) is 76.5 Å². The van der Waals surface area contributed by atoms with Gasteiger partial charge in [0.05, 0.1) is 20.3 Å². The molecule has 3 aromatic carbocycles. The molecule has 0 amide bonds. The van der Waals surface area contributed by atoms with Crippen LogP contribution in [0.4, 0.5) is 0 Å². The fourth-order valence-electron chi connectivity index (χ4n) is 4.29. The van der Waals surface area contributed by atoms with E-state index in [1.54, 1.807) is 14.2 Å². The maximum Gasteiger partial charge on any atom is 0.127 e. The van der Waals surface area contributed by atoms with Crippen molar-refractivity contribution in [3.63, 3.8) is 0 Å². The van der Waals surface area contributed by atoms with Crippen LogP contribution in [0.15, 0.2) is 78.9 Å². The first-order valence-corrected chi connectivity index (χ1v) is 10.6. The highest BCUT2D eigenvalue weighted by Gasteiger charge is 2.26. The quantitative estimate of drug-likeness (QED) is 0.576. The van der Waals surface area contributed by atoms with E-state index in [-0.39, 0.29) is 0 Å². The molecule has 1 fully saturated rings. The summed E-state index contributed by atoms with van der Waals surface area (Å²) in [7, 11) is 3.41. The van der Waals surface area contributed by atoms with Gasteiger partial charge in [0.2, 0.25) is 0 Å². The van der Waals surface area contributed by atoms with Gasteiger partial charge in [0, 0.05) is 44.4 Å². The number of nitrogens with zero attached hydrogens (tertiary/aromatic N) is 2. The van der Waals surface area contributed by atoms with E-state index in [0.717, 1.165) is 44.2 Å². The van der Waals surface area contributed by atoms with Crippen molar-refractivity contribution in [3.05, 3.63) is 95.6 Å². The number of hydrogen-bond donors (Lipinski definition) is 0. The number of ether oxygens (including phenoxy) is 2. The number of benzene rings is 3. The first-order valence-electron chi connectivity index (χ1n) is 10.6. The van der Waals surface area contributed by atoms with E-state index < -0.39 is 0 Å². The summed E-state index contributed by atoms with van der Waals surface area (Å²) in [6.07, 6.45) is 0. The van der Waals surface area contributed by atoms with Crippen LogP contribution in [0.3, 0.4) is 0 Å². The predicted molar refractivity (Wildman–Crippen MR) is 121 cm³/mol. The lowest BCUT2D eigenvalue weighted by Crippen LogP contribution is -2.47. The van der Waals surface area contributed by atoms with Gasteiger partial charge in [0.1, 0.15) is 11.5 Å². The van der Waals surface area contributed by atoms with Crippen molar-refractivity contribution in [2.24, 2.45) is 0 Å². The van der Waals surface area contributed by atoms with Crippen molar-refractivity contribution >= 4 is 0 Å². The molecule has 1 saturated heterocycles. The normalized spacial score (nSPS) is 15.3. The number of piperazine rings is 1. The molecule has 0 bridgehead atoms. The molecule has 156 valence electrons. The third kappa shape index (κ3) is 4.66. The van der Waals surface area contributed by atoms with E-state index in [9.17, 15) is 0 Å². The Labute approximate surface area is 179 Å². The first kappa shape index (κ1) is 20.5. The summed E-state index contributed by atoms with van der Waals surface area (Å²) in [5.41, 5.74) is 3.91. The molecule has 1 heterocycles. The Morgan fingerprint density at radius 2 is 1.33 bits per heavy atom. The van der Waals surface area contributed by atoms with E-state index in [4.69, 9.17) is 9.47 Å². The van der Waals surface area contributed by atoms with Crippen molar-refractivity contribution in [2.75, 3.05) is 40.4 Å². The maximum absolute atomic E-state index is 5.59. The largest absolute Gasteiger partial charge is 0.497 e. The van der Waals surface area contributed by atoms with Crippen molar-refractivity contribution in [1.29, 1.82) is 0 Å². The Balaban J connectivity index is 1.46. The minimum absolute atomic E-state index is 0.296. The summed E-state index contributed by atoms with van der Waals surface area (Å²) in [6, 6.07) is 28.1. The molecule has 0 spiro atoms. The topological polar surface area (TPSA) is 24.9 Å². The monoisotopic (exact) mass is 402 g/mol. The molecular formula is C26H30N2O2. The second-order valence-corrected chi connectivity index (χ2v) is 7.71. The molecule has 0 N–H and O–H groups in total. The molecule has 0 unspecified atom stereocenters. The summed E-state index contributed by atoms with van der Waals surface area (Å²) in [4.78, 5) is 5.11. The van der Waals surface area contributed by atoms with Gasteiger partial charge < -0.3 is 9.47 Å². The lowest BCUT2D eigenvalue weighted by molar-refractivity contribution is 0.104. The third-order valence-electron chi connectivity index (χ3n) is 5.89.